The molecule has 1 aromatic heterocycles. The van der Waals surface area contributed by atoms with Gasteiger partial charge in [-0.05, 0) is 43.7 Å². The summed E-state index contributed by atoms with van der Waals surface area (Å²) in [5.74, 6) is 0.301. The van der Waals surface area contributed by atoms with Gasteiger partial charge in [0.25, 0.3) is 0 Å². The Morgan fingerprint density at radius 3 is 2.33 bits per heavy atom. The summed E-state index contributed by atoms with van der Waals surface area (Å²) >= 11 is 0. The van der Waals surface area contributed by atoms with Crippen LogP contribution in [0.5, 0.6) is 0 Å². The average molecular weight is 281 g/mol. The van der Waals surface area contributed by atoms with E-state index in [1.165, 1.54) is 6.92 Å². The molecule has 0 fully saturated rings. The zero-order valence-electron chi connectivity index (χ0n) is 12.1. The maximum absolute atomic E-state index is 11.0. The van der Waals surface area contributed by atoms with Gasteiger partial charge in [0.05, 0.1) is 5.69 Å². The number of nitrogens with one attached hydrogen (secondary N) is 2. The third-order valence-corrected chi connectivity index (χ3v) is 3.03. The van der Waals surface area contributed by atoms with E-state index in [1.807, 2.05) is 13.8 Å². The first-order valence-electron chi connectivity index (χ1n) is 6.40. The molecule has 0 aliphatic heterocycles. The second kappa shape index (κ2) is 6.01. The predicted octanol–water partition coefficient (Wildman–Crippen LogP) is 2.67. The molecule has 6 nitrogen and oxygen atoms in total. The van der Waals surface area contributed by atoms with Crippen molar-refractivity contribution in [3.05, 3.63) is 41.1 Å². The molecule has 0 radical (unpaired) electrons. The molecule has 0 unspecified atom stereocenters. The van der Waals surface area contributed by atoms with Crippen LogP contribution in [0.3, 0.4) is 0 Å². The minimum Gasteiger partial charge on any atom is -0.338 e. The van der Waals surface area contributed by atoms with Crippen molar-refractivity contribution in [3.8, 4) is 6.07 Å². The van der Waals surface area contributed by atoms with Crippen molar-refractivity contribution in [2.45, 2.75) is 20.8 Å². The molecule has 6 heteroatoms. The van der Waals surface area contributed by atoms with Gasteiger partial charge in [0.2, 0.25) is 5.91 Å². The molecule has 0 saturated heterocycles. The Morgan fingerprint density at radius 2 is 1.76 bits per heavy atom. The van der Waals surface area contributed by atoms with Crippen LogP contribution in [0.25, 0.3) is 0 Å². The molecule has 0 bridgehead atoms. The van der Waals surface area contributed by atoms with Crippen molar-refractivity contribution >= 4 is 23.1 Å². The van der Waals surface area contributed by atoms with Gasteiger partial charge in [-0.3, -0.25) is 4.79 Å². The SMILES string of the molecule is CC(=O)Nc1ccc(Nc2nnc(C)c(C)c2C#N)cc1. The molecule has 0 aliphatic rings. The van der Waals surface area contributed by atoms with Crippen LogP contribution < -0.4 is 10.6 Å². The van der Waals surface area contributed by atoms with Crippen molar-refractivity contribution in [1.82, 2.24) is 10.2 Å². The molecule has 1 heterocycles. The van der Waals surface area contributed by atoms with Crippen molar-refractivity contribution in [2.75, 3.05) is 10.6 Å². The summed E-state index contributed by atoms with van der Waals surface area (Å²) in [6, 6.07) is 9.27. The predicted molar refractivity (Wildman–Crippen MR) is 80.2 cm³/mol. The molecule has 2 N–H and O–H groups in total. The first-order chi connectivity index (χ1) is 10.0. The molecule has 2 rings (SSSR count). The molecule has 0 aliphatic carbocycles. The van der Waals surface area contributed by atoms with Crippen LogP contribution in [0, 0.1) is 25.2 Å². The number of aryl methyl sites for hydroxylation is 1. The number of carbonyl (C=O) groups is 1. The normalized spacial score (nSPS) is 9.81. The number of anilines is 3. The number of nitrogens with zero attached hydrogens (tertiary/aromatic N) is 3. The molecule has 2 aromatic rings. The third-order valence-electron chi connectivity index (χ3n) is 3.03. The summed E-state index contributed by atoms with van der Waals surface area (Å²) in [4.78, 5) is 11.0. The van der Waals surface area contributed by atoms with Gasteiger partial charge in [-0.25, -0.2) is 0 Å². The van der Waals surface area contributed by atoms with E-state index in [4.69, 9.17) is 0 Å². The van der Waals surface area contributed by atoms with Crippen molar-refractivity contribution < 1.29 is 4.79 Å². The summed E-state index contributed by atoms with van der Waals surface area (Å²) in [5.41, 5.74) is 3.49. The Balaban J connectivity index is 2.25. The van der Waals surface area contributed by atoms with Crippen molar-refractivity contribution in [1.29, 1.82) is 5.26 Å². The number of aromatic nitrogens is 2. The van der Waals surface area contributed by atoms with Crippen molar-refractivity contribution in [3.63, 3.8) is 0 Å². The Morgan fingerprint density at radius 1 is 1.14 bits per heavy atom. The third kappa shape index (κ3) is 3.34. The summed E-state index contributed by atoms with van der Waals surface area (Å²) in [6.07, 6.45) is 0. The Hall–Kier alpha value is -2.94. The highest BCUT2D eigenvalue weighted by atomic mass is 16.1. The largest absolute Gasteiger partial charge is 0.338 e. The average Bonchev–Trinajstić information content (AvgIpc) is 2.45. The maximum atomic E-state index is 11.0. The van der Waals surface area contributed by atoms with Crippen LogP contribution in [0.2, 0.25) is 0 Å². The lowest BCUT2D eigenvalue weighted by molar-refractivity contribution is -0.114. The lowest BCUT2D eigenvalue weighted by atomic mass is 10.1. The van der Waals surface area contributed by atoms with E-state index >= 15 is 0 Å². The van der Waals surface area contributed by atoms with Gasteiger partial charge < -0.3 is 10.6 Å². The van der Waals surface area contributed by atoms with Gasteiger partial charge in [0.1, 0.15) is 11.6 Å². The highest BCUT2D eigenvalue weighted by Crippen LogP contribution is 2.22. The number of rotatable bonds is 3. The molecule has 0 spiro atoms. The lowest BCUT2D eigenvalue weighted by Crippen LogP contribution is -2.06. The number of carbonyl (C=O) groups excluding carboxylic acids is 1. The van der Waals surface area contributed by atoms with E-state index in [-0.39, 0.29) is 5.91 Å². The first kappa shape index (κ1) is 14.5. The van der Waals surface area contributed by atoms with Crippen LogP contribution in [0.4, 0.5) is 17.2 Å². The Labute approximate surface area is 122 Å². The number of benzene rings is 1. The Kier molecular flexibility index (Phi) is 4.14. The molecule has 106 valence electrons. The second-order valence-electron chi connectivity index (χ2n) is 4.63. The highest BCUT2D eigenvalue weighted by molar-refractivity contribution is 5.88. The van der Waals surface area contributed by atoms with Crippen LogP contribution in [0.15, 0.2) is 24.3 Å². The van der Waals surface area contributed by atoms with Crippen molar-refractivity contribution in [2.24, 2.45) is 0 Å². The van der Waals surface area contributed by atoms with Crippen LogP contribution in [-0.2, 0) is 4.79 Å². The fourth-order valence-corrected chi connectivity index (χ4v) is 1.81. The van der Waals surface area contributed by atoms with Gasteiger partial charge in [0, 0.05) is 18.3 Å². The number of nitriles is 1. The summed E-state index contributed by atoms with van der Waals surface area (Å²) in [6.45, 7) is 5.11. The van der Waals surface area contributed by atoms with Crippen LogP contribution in [0.1, 0.15) is 23.7 Å². The van der Waals surface area contributed by atoms with E-state index in [9.17, 15) is 10.1 Å². The Bertz CT molecular complexity index is 716. The molecular weight excluding hydrogens is 266 g/mol. The van der Waals surface area contributed by atoms with Crippen LogP contribution >= 0.6 is 0 Å². The summed E-state index contributed by atoms with van der Waals surface area (Å²) < 4.78 is 0. The van der Waals surface area contributed by atoms with E-state index < -0.39 is 0 Å². The number of hydrogen-bond acceptors (Lipinski definition) is 5. The maximum Gasteiger partial charge on any atom is 0.221 e. The molecule has 21 heavy (non-hydrogen) atoms. The van der Waals surface area contributed by atoms with Crippen LogP contribution in [-0.4, -0.2) is 16.1 Å². The van der Waals surface area contributed by atoms with E-state index in [0.29, 0.717) is 17.1 Å². The molecule has 1 amide bonds. The van der Waals surface area contributed by atoms with E-state index in [0.717, 1.165) is 16.9 Å². The standard InChI is InChI=1S/C15H15N5O/c1-9-10(2)19-20-15(14(9)8-16)18-13-6-4-12(5-7-13)17-11(3)21/h4-7H,1-3H3,(H,17,21)(H,18,20). The fraction of sp³-hybridized carbons (Fsp3) is 0.200. The monoisotopic (exact) mass is 281 g/mol. The number of hydrogen-bond donors (Lipinski definition) is 2. The minimum atomic E-state index is -0.123. The van der Waals surface area contributed by atoms with Gasteiger partial charge >= 0.3 is 0 Å². The number of amides is 1. The zero-order chi connectivity index (χ0) is 15.4. The minimum absolute atomic E-state index is 0.123. The second-order valence-corrected chi connectivity index (χ2v) is 4.63. The van der Waals surface area contributed by atoms with Gasteiger partial charge in [-0.15, -0.1) is 5.10 Å². The quantitative estimate of drug-likeness (QED) is 0.902. The summed E-state index contributed by atoms with van der Waals surface area (Å²) in [7, 11) is 0. The van der Waals surface area contributed by atoms with E-state index in [2.05, 4.69) is 26.9 Å². The van der Waals surface area contributed by atoms with E-state index in [1.54, 1.807) is 24.3 Å². The molecule has 1 aromatic carbocycles. The molecular formula is C15H15N5O. The highest BCUT2D eigenvalue weighted by Gasteiger charge is 2.10. The smallest absolute Gasteiger partial charge is 0.221 e. The van der Waals surface area contributed by atoms with Gasteiger partial charge in [-0.2, -0.15) is 10.4 Å². The topological polar surface area (TPSA) is 90.7 Å². The molecule has 0 atom stereocenters. The van der Waals surface area contributed by atoms with Gasteiger partial charge in [-0.1, -0.05) is 0 Å². The summed E-state index contributed by atoms with van der Waals surface area (Å²) in [5, 5.41) is 23.0. The lowest BCUT2D eigenvalue weighted by Gasteiger charge is -2.10. The molecule has 0 saturated carbocycles. The fourth-order valence-electron chi connectivity index (χ4n) is 1.81. The first-order valence-corrected chi connectivity index (χ1v) is 6.40. The zero-order valence-corrected chi connectivity index (χ0v) is 12.1. The van der Waals surface area contributed by atoms with Gasteiger partial charge in [0.15, 0.2) is 5.82 Å².